The van der Waals surface area contributed by atoms with Gasteiger partial charge in [-0.05, 0) is 19.1 Å². The van der Waals surface area contributed by atoms with Gasteiger partial charge in [-0.1, -0.05) is 18.2 Å². The highest BCUT2D eigenvalue weighted by atomic mass is 16.5. The maximum atomic E-state index is 11.1. The third-order valence-corrected chi connectivity index (χ3v) is 1.74. The van der Waals surface area contributed by atoms with Crippen molar-refractivity contribution in [2.24, 2.45) is 5.29 Å². The summed E-state index contributed by atoms with van der Waals surface area (Å²) in [6, 6.07) is 8.73. The Balaban J connectivity index is 2.65. The summed E-state index contributed by atoms with van der Waals surface area (Å²) in [5.74, 6) is -0.471. The van der Waals surface area contributed by atoms with Crippen molar-refractivity contribution in [2.45, 2.75) is 6.92 Å². The van der Waals surface area contributed by atoms with Crippen molar-refractivity contribution in [2.75, 3.05) is 18.2 Å². The van der Waals surface area contributed by atoms with Gasteiger partial charge >= 0.3 is 5.97 Å². The van der Waals surface area contributed by atoms with Crippen LogP contribution >= 0.6 is 0 Å². The van der Waals surface area contributed by atoms with Gasteiger partial charge in [0.2, 0.25) is 0 Å². The summed E-state index contributed by atoms with van der Waals surface area (Å²) in [7, 11) is 0. The fourth-order valence-electron chi connectivity index (χ4n) is 1.10. The standard InChI is InChI=1S/C10H12N2O3/c1-2-15-10(13)8-12(11-14)9-6-4-3-5-7-9/h3-7H,2,8H2,1H3. The number of nitrogens with zero attached hydrogens (tertiary/aromatic N) is 2. The molecule has 80 valence electrons. The molecule has 1 rings (SSSR count). The molecule has 5 nitrogen and oxygen atoms in total. The first-order valence-electron chi connectivity index (χ1n) is 4.59. The largest absolute Gasteiger partial charge is 0.465 e. The van der Waals surface area contributed by atoms with Gasteiger partial charge in [0.1, 0.15) is 6.54 Å². The van der Waals surface area contributed by atoms with Gasteiger partial charge in [-0.25, -0.2) is 5.01 Å². The van der Waals surface area contributed by atoms with Crippen LogP contribution in [0.25, 0.3) is 0 Å². The molecule has 15 heavy (non-hydrogen) atoms. The number of carbonyl (C=O) groups excluding carboxylic acids is 1. The first-order chi connectivity index (χ1) is 7.27. The van der Waals surface area contributed by atoms with Crippen molar-refractivity contribution >= 4 is 11.7 Å². The second kappa shape index (κ2) is 5.74. The summed E-state index contributed by atoms with van der Waals surface area (Å²) in [5, 5.41) is 3.82. The summed E-state index contributed by atoms with van der Waals surface area (Å²) < 4.78 is 4.72. The van der Waals surface area contributed by atoms with Gasteiger partial charge < -0.3 is 4.74 Å². The quantitative estimate of drug-likeness (QED) is 0.420. The van der Waals surface area contributed by atoms with E-state index in [4.69, 9.17) is 4.74 Å². The minimum Gasteiger partial charge on any atom is -0.465 e. The third kappa shape index (κ3) is 3.38. The Morgan fingerprint density at radius 2 is 2.07 bits per heavy atom. The van der Waals surface area contributed by atoms with E-state index in [9.17, 15) is 9.70 Å². The second-order valence-electron chi connectivity index (χ2n) is 2.78. The Kier molecular flexibility index (Phi) is 4.28. The van der Waals surface area contributed by atoms with E-state index in [0.717, 1.165) is 5.01 Å². The van der Waals surface area contributed by atoms with Crippen LogP contribution in [0.1, 0.15) is 6.92 Å². The van der Waals surface area contributed by atoms with Gasteiger partial charge in [0.25, 0.3) is 0 Å². The van der Waals surface area contributed by atoms with Crippen molar-refractivity contribution in [1.82, 2.24) is 0 Å². The van der Waals surface area contributed by atoms with Crippen molar-refractivity contribution in [3.63, 3.8) is 0 Å². The molecule has 5 heteroatoms. The molecule has 0 saturated heterocycles. The maximum Gasteiger partial charge on any atom is 0.327 e. The van der Waals surface area contributed by atoms with Gasteiger partial charge in [0, 0.05) is 0 Å². The topological polar surface area (TPSA) is 59.0 Å². The lowest BCUT2D eigenvalue weighted by atomic mass is 10.3. The van der Waals surface area contributed by atoms with E-state index in [1.807, 2.05) is 6.07 Å². The van der Waals surface area contributed by atoms with Crippen molar-refractivity contribution in [3.05, 3.63) is 35.2 Å². The number of nitroso groups, excluding NO2 is 1. The van der Waals surface area contributed by atoms with Gasteiger partial charge in [-0.3, -0.25) is 4.79 Å². The maximum absolute atomic E-state index is 11.1. The van der Waals surface area contributed by atoms with Crippen LogP contribution in [0.15, 0.2) is 35.6 Å². The fourth-order valence-corrected chi connectivity index (χ4v) is 1.10. The van der Waals surface area contributed by atoms with E-state index in [-0.39, 0.29) is 6.54 Å². The van der Waals surface area contributed by atoms with E-state index in [0.29, 0.717) is 12.3 Å². The monoisotopic (exact) mass is 208 g/mol. The Labute approximate surface area is 87.6 Å². The minimum atomic E-state index is -0.471. The van der Waals surface area contributed by atoms with Crippen LogP contribution in [0.5, 0.6) is 0 Å². The van der Waals surface area contributed by atoms with Crippen molar-refractivity contribution < 1.29 is 9.53 Å². The molecular formula is C10H12N2O3. The highest BCUT2D eigenvalue weighted by Gasteiger charge is 2.11. The molecule has 0 aromatic heterocycles. The highest BCUT2D eigenvalue weighted by molar-refractivity contribution is 5.75. The predicted molar refractivity (Wildman–Crippen MR) is 56.2 cm³/mol. The Bertz CT molecular complexity index is 327. The summed E-state index contributed by atoms with van der Waals surface area (Å²) in [5.41, 5.74) is 0.570. The molecule has 0 saturated carbocycles. The number of hydrogen-bond acceptors (Lipinski definition) is 4. The summed E-state index contributed by atoms with van der Waals surface area (Å²) >= 11 is 0. The van der Waals surface area contributed by atoms with Crippen molar-refractivity contribution in [3.8, 4) is 0 Å². The Morgan fingerprint density at radius 1 is 1.40 bits per heavy atom. The average molecular weight is 208 g/mol. The van der Waals surface area contributed by atoms with Crippen LogP contribution < -0.4 is 5.01 Å². The highest BCUT2D eigenvalue weighted by Crippen LogP contribution is 2.12. The van der Waals surface area contributed by atoms with E-state index in [1.54, 1.807) is 31.2 Å². The second-order valence-corrected chi connectivity index (χ2v) is 2.78. The first kappa shape index (κ1) is 11.2. The van der Waals surface area contributed by atoms with Crippen LogP contribution in [0.3, 0.4) is 0 Å². The summed E-state index contributed by atoms with van der Waals surface area (Å²) in [6.45, 7) is 1.83. The molecular weight excluding hydrogens is 196 g/mol. The zero-order chi connectivity index (χ0) is 11.1. The third-order valence-electron chi connectivity index (χ3n) is 1.74. The van der Waals surface area contributed by atoms with Crippen molar-refractivity contribution in [1.29, 1.82) is 0 Å². The molecule has 0 radical (unpaired) electrons. The molecule has 0 atom stereocenters. The molecule has 1 aromatic rings. The number of esters is 1. The van der Waals surface area contributed by atoms with E-state index in [1.165, 1.54) is 0 Å². The normalized spacial score (nSPS) is 9.40. The zero-order valence-electron chi connectivity index (χ0n) is 8.42. The van der Waals surface area contributed by atoms with Gasteiger partial charge in [0.15, 0.2) is 0 Å². The van der Waals surface area contributed by atoms with Crippen LogP contribution in [0.2, 0.25) is 0 Å². The molecule has 0 heterocycles. The smallest absolute Gasteiger partial charge is 0.327 e. The number of para-hydroxylation sites is 1. The van der Waals surface area contributed by atoms with Crippen LogP contribution in [-0.2, 0) is 9.53 Å². The SMILES string of the molecule is CCOC(=O)CN(N=O)c1ccccc1. The van der Waals surface area contributed by atoms with E-state index in [2.05, 4.69) is 5.29 Å². The number of anilines is 1. The number of benzene rings is 1. The molecule has 0 unspecified atom stereocenters. The van der Waals surface area contributed by atoms with Gasteiger partial charge in [0.05, 0.1) is 17.6 Å². The molecule has 0 aliphatic carbocycles. The predicted octanol–water partition coefficient (Wildman–Crippen LogP) is 1.74. The summed E-state index contributed by atoms with van der Waals surface area (Å²) in [4.78, 5) is 21.6. The van der Waals surface area contributed by atoms with E-state index < -0.39 is 5.97 Å². The van der Waals surface area contributed by atoms with Crippen LogP contribution in [0.4, 0.5) is 5.69 Å². The lowest BCUT2D eigenvalue weighted by Gasteiger charge is -2.13. The van der Waals surface area contributed by atoms with Gasteiger partial charge in [-0.2, -0.15) is 0 Å². The molecule has 0 fully saturated rings. The molecule has 1 aromatic carbocycles. The van der Waals surface area contributed by atoms with Gasteiger partial charge in [-0.15, -0.1) is 4.91 Å². The molecule has 0 N–H and O–H groups in total. The van der Waals surface area contributed by atoms with Crippen LogP contribution in [0, 0.1) is 4.91 Å². The summed E-state index contributed by atoms with van der Waals surface area (Å²) in [6.07, 6.45) is 0. The zero-order valence-corrected chi connectivity index (χ0v) is 8.42. The average Bonchev–Trinajstić information content (AvgIpc) is 2.27. The molecule has 0 amide bonds. The Hall–Kier alpha value is -1.91. The number of ether oxygens (including phenoxy) is 1. The molecule has 0 aliphatic heterocycles. The first-order valence-corrected chi connectivity index (χ1v) is 4.59. The fraction of sp³-hybridized carbons (Fsp3) is 0.300. The lowest BCUT2D eigenvalue weighted by molar-refractivity contribution is -0.141. The van der Waals surface area contributed by atoms with Crippen LogP contribution in [-0.4, -0.2) is 19.1 Å². The molecule has 0 spiro atoms. The minimum absolute atomic E-state index is 0.165. The number of rotatable bonds is 5. The Morgan fingerprint density at radius 3 is 2.60 bits per heavy atom. The molecule has 0 bridgehead atoms. The van der Waals surface area contributed by atoms with E-state index >= 15 is 0 Å². The lowest BCUT2D eigenvalue weighted by Crippen LogP contribution is -2.25. The number of carbonyl (C=O) groups is 1. The molecule has 0 aliphatic rings. The number of hydrogen-bond donors (Lipinski definition) is 0.